The summed E-state index contributed by atoms with van der Waals surface area (Å²) in [4.78, 5) is 2.55. The molecule has 0 aliphatic carbocycles. The number of benzene rings is 1. The van der Waals surface area contributed by atoms with E-state index in [1.807, 2.05) is 0 Å². The number of hydrogen-bond acceptors (Lipinski definition) is 3. The van der Waals surface area contributed by atoms with Gasteiger partial charge in [0.25, 0.3) is 0 Å². The molecule has 4 heteroatoms. The lowest BCUT2D eigenvalue weighted by molar-refractivity contribution is 0.177. The molecule has 136 valence electrons. The molecule has 0 aromatic heterocycles. The predicted molar refractivity (Wildman–Crippen MR) is 106 cm³/mol. The van der Waals surface area contributed by atoms with Crippen molar-refractivity contribution in [3.63, 3.8) is 0 Å². The molecule has 1 aromatic rings. The largest absolute Gasteiger partial charge is 0.413 e. The third kappa shape index (κ3) is 4.91. The van der Waals surface area contributed by atoms with Crippen molar-refractivity contribution in [3.05, 3.63) is 35.4 Å². The minimum absolute atomic E-state index is 0.288. The zero-order valence-corrected chi connectivity index (χ0v) is 17.6. The summed E-state index contributed by atoms with van der Waals surface area (Å²) in [6.45, 7) is 17.1. The van der Waals surface area contributed by atoms with E-state index in [1.54, 1.807) is 0 Å². The van der Waals surface area contributed by atoms with Gasteiger partial charge in [0.1, 0.15) is 0 Å². The molecule has 0 saturated carbocycles. The lowest BCUT2D eigenvalue weighted by atomic mass is 10.0. The van der Waals surface area contributed by atoms with E-state index < -0.39 is 8.32 Å². The third-order valence-corrected chi connectivity index (χ3v) is 10.3. The molecule has 1 N–H and O–H groups in total. The van der Waals surface area contributed by atoms with Crippen LogP contribution in [0.15, 0.2) is 24.3 Å². The second-order valence-electron chi connectivity index (χ2n) is 8.80. The molecular formula is C20H36N2OSi. The molecule has 0 unspecified atom stereocenters. The molecule has 1 heterocycles. The summed E-state index contributed by atoms with van der Waals surface area (Å²) < 4.78 is 6.61. The van der Waals surface area contributed by atoms with Crippen LogP contribution < -0.4 is 5.32 Å². The Bertz CT molecular complexity index is 521. The summed E-state index contributed by atoms with van der Waals surface area (Å²) in [5, 5.41) is 3.77. The van der Waals surface area contributed by atoms with Crippen molar-refractivity contribution in [2.24, 2.45) is 0 Å². The van der Waals surface area contributed by atoms with Gasteiger partial charge in [-0.1, -0.05) is 50.6 Å². The van der Waals surface area contributed by atoms with Crippen LogP contribution in [0.2, 0.25) is 18.1 Å². The van der Waals surface area contributed by atoms with Crippen LogP contribution in [0.5, 0.6) is 0 Å². The fourth-order valence-electron chi connectivity index (χ4n) is 3.07. The molecule has 0 radical (unpaired) electrons. The van der Waals surface area contributed by atoms with Gasteiger partial charge >= 0.3 is 0 Å². The Labute approximate surface area is 149 Å². The van der Waals surface area contributed by atoms with E-state index in [1.165, 1.54) is 11.1 Å². The van der Waals surface area contributed by atoms with E-state index >= 15 is 0 Å². The summed E-state index contributed by atoms with van der Waals surface area (Å²) in [7, 11) is 0.399. The van der Waals surface area contributed by atoms with Crippen molar-refractivity contribution >= 4 is 8.32 Å². The average Bonchev–Trinajstić information content (AvgIpc) is 2.91. The predicted octanol–water partition coefficient (Wildman–Crippen LogP) is 4.35. The maximum atomic E-state index is 6.61. The summed E-state index contributed by atoms with van der Waals surface area (Å²) in [6.07, 6.45) is 1.57. The zero-order chi connectivity index (χ0) is 18.0. The van der Waals surface area contributed by atoms with E-state index in [0.29, 0.717) is 12.1 Å². The normalized spacial score (nSPS) is 21.2. The van der Waals surface area contributed by atoms with Gasteiger partial charge < -0.3 is 9.74 Å². The van der Waals surface area contributed by atoms with Gasteiger partial charge in [-0.05, 0) is 44.1 Å². The number of nitrogens with zero attached hydrogens (tertiary/aromatic N) is 1. The highest BCUT2D eigenvalue weighted by atomic mass is 28.4. The molecule has 24 heavy (non-hydrogen) atoms. The number of rotatable bonds is 6. The molecule has 2 atom stereocenters. The number of hydrogen-bond donors (Lipinski definition) is 1. The van der Waals surface area contributed by atoms with Crippen LogP contribution >= 0.6 is 0 Å². The Morgan fingerprint density at radius 1 is 1.25 bits per heavy atom. The highest BCUT2D eigenvalue weighted by Crippen LogP contribution is 2.38. The van der Waals surface area contributed by atoms with E-state index in [9.17, 15) is 0 Å². The second kappa shape index (κ2) is 7.69. The van der Waals surface area contributed by atoms with E-state index in [-0.39, 0.29) is 5.04 Å². The third-order valence-electron chi connectivity index (χ3n) is 5.77. The zero-order valence-electron chi connectivity index (χ0n) is 16.6. The summed E-state index contributed by atoms with van der Waals surface area (Å²) in [5.41, 5.74) is 2.69. The average molecular weight is 349 g/mol. The smallest absolute Gasteiger partial charge is 0.192 e. The van der Waals surface area contributed by atoms with Gasteiger partial charge in [0.2, 0.25) is 0 Å². The van der Waals surface area contributed by atoms with E-state index in [0.717, 1.165) is 26.1 Å². The lowest BCUT2D eigenvalue weighted by Crippen LogP contribution is -2.44. The molecule has 1 aliphatic heterocycles. The second-order valence-corrected chi connectivity index (χ2v) is 13.6. The van der Waals surface area contributed by atoms with Crippen LogP contribution in [0.3, 0.4) is 0 Å². The number of likely N-dealkylation sites (N-methyl/N-ethyl adjacent to an activating group) is 1. The van der Waals surface area contributed by atoms with Gasteiger partial charge in [-0.2, -0.15) is 0 Å². The van der Waals surface area contributed by atoms with Crippen LogP contribution in [0.4, 0.5) is 0 Å². The molecule has 0 spiro atoms. The SMILES string of the molecule is CN[C@@H](CN1CC[C@@H](O[Si](C)(C)C(C)(C)C)C1)c1ccc(C)cc1. The number of nitrogens with one attached hydrogen (secondary N) is 1. The molecule has 0 amide bonds. The number of aryl methyl sites for hydroxylation is 1. The Kier molecular flexibility index (Phi) is 6.29. The van der Waals surface area contributed by atoms with Crippen molar-refractivity contribution in [2.45, 2.75) is 64.4 Å². The first-order valence-corrected chi connectivity index (χ1v) is 12.2. The highest BCUT2D eigenvalue weighted by Gasteiger charge is 2.40. The molecule has 2 rings (SSSR count). The molecule has 1 fully saturated rings. The van der Waals surface area contributed by atoms with Crippen molar-refractivity contribution < 1.29 is 4.43 Å². The molecule has 1 aromatic carbocycles. The first kappa shape index (κ1) is 19.6. The Morgan fingerprint density at radius 2 is 1.88 bits per heavy atom. The van der Waals surface area contributed by atoms with Crippen LogP contribution in [0.25, 0.3) is 0 Å². The maximum Gasteiger partial charge on any atom is 0.192 e. The molecular weight excluding hydrogens is 312 g/mol. The van der Waals surface area contributed by atoms with Gasteiger partial charge in [0.15, 0.2) is 8.32 Å². The standard InChI is InChI=1S/C20H36N2OSi/c1-16-8-10-17(11-9-16)19(21-5)15-22-13-12-18(14-22)23-24(6,7)20(2,3)4/h8-11,18-19,21H,12-15H2,1-7H3/t18-,19+/m1/s1. The van der Waals surface area contributed by atoms with Gasteiger partial charge in [-0.3, -0.25) is 4.90 Å². The van der Waals surface area contributed by atoms with Crippen LogP contribution in [0, 0.1) is 6.92 Å². The molecule has 3 nitrogen and oxygen atoms in total. The Balaban J connectivity index is 1.92. The fourth-order valence-corrected chi connectivity index (χ4v) is 4.45. The molecule has 1 saturated heterocycles. The van der Waals surface area contributed by atoms with Crippen molar-refractivity contribution in [3.8, 4) is 0 Å². The minimum atomic E-state index is -1.66. The van der Waals surface area contributed by atoms with Crippen molar-refractivity contribution in [2.75, 3.05) is 26.7 Å². The quantitative estimate of drug-likeness (QED) is 0.774. The van der Waals surface area contributed by atoms with Crippen LogP contribution in [0.1, 0.15) is 44.4 Å². The fraction of sp³-hybridized carbons (Fsp3) is 0.700. The van der Waals surface area contributed by atoms with Crippen molar-refractivity contribution in [1.82, 2.24) is 10.2 Å². The van der Waals surface area contributed by atoms with Crippen LogP contribution in [-0.4, -0.2) is 46.0 Å². The summed E-state index contributed by atoms with van der Waals surface area (Å²) in [6, 6.07) is 9.28. The van der Waals surface area contributed by atoms with E-state index in [4.69, 9.17) is 4.43 Å². The summed E-state index contributed by atoms with van der Waals surface area (Å²) >= 11 is 0. The lowest BCUT2D eigenvalue weighted by Gasteiger charge is -2.38. The minimum Gasteiger partial charge on any atom is -0.413 e. The first-order valence-electron chi connectivity index (χ1n) is 9.26. The summed E-state index contributed by atoms with van der Waals surface area (Å²) in [5.74, 6) is 0. The monoisotopic (exact) mass is 348 g/mol. The van der Waals surface area contributed by atoms with E-state index in [2.05, 4.69) is 82.3 Å². The molecule has 0 bridgehead atoms. The topological polar surface area (TPSA) is 24.5 Å². The first-order chi connectivity index (χ1) is 11.1. The molecule has 1 aliphatic rings. The van der Waals surface area contributed by atoms with Gasteiger partial charge in [-0.25, -0.2) is 0 Å². The number of likely N-dealkylation sites (tertiary alicyclic amines) is 1. The van der Waals surface area contributed by atoms with Crippen LogP contribution in [-0.2, 0) is 4.43 Å². The van der Waals surface area contributed by atoms with Crippen molar-refractivity contribution in [1.29, 1.82) is 0 Å². The van der Waals surface area contributed by atoms with Gasteiger partial charge in [0, 0.05) is 25.7 Å². The maximum absolute atomic E-state index is 6.61. The Hall–Kier alpha value is -0.683. The highest BCUT2D eigenvalue weighted by molar-refractivity contribution is 6.74. The van der Waals surface area contributed by atoms with Gasteiger partial charge in [-0.15, -0.1) is 0 Å². The van der Waals surface area contributed by atoms with Gasteiger partial charge in [0.05, 0.1) is 6.10 Å². The Morgan fingerprint density at radius 3 is 2.42 bits per heavy atom.